The number of anilines is 1. The van der Waals surface area contributed by atoms with E-state index in [1.54, 1.807) is 11.1 Å². The number of carbonyl (C=O) groups is 2. The maximum absolute atomic E-state index is 14.0. The van der Waals surface area contributed by atoms with Crippen LogP contribution in [0.4, 0.5) is 5.95 Å². The number of carboxylic acid groups (broad SMARTS) is 1. The second-order valence-electron chi connectivity index (χ2n) is 10.6. The Hall–Kier alpha value is -4.23. The predicted octanol–water partition coefficient (Wildman–Crippen LogP) is 6.42. The fourth-order valence-corrected chi connectivity index (χ4v) is 5.61. The molecule has 0 radical (unpaired) electrons. The molecule has 0 spiro atoms. The summed E-state index contributed by atoms with van der Waals surface area (Å²) in [6.07, 6.45) is 5.41. The summed E-state index contributed by atoms with van der Waals surface area (Å²) in [4.78, 5) is 39.0. The number of amides is 1. The number of carboxylic acids is 1. The van der Waals surface area contributed by atoms with E-state index in [1.165, 1.54) is 0 Å². The van der Waals surface area contributed by atoms with Gasteiger partial charge in [-0.3, -0.25) is 9.59 Å². The summed E-state index contributed by atoms with van der Waals surface area (Å²) in [6, 6.07) is 28.1. The van der Waals surface area contributed by atoms with E-state index in [9.17, 15) is 14.7 Å². The molecule has 1 atom stereocenters. The topological polar surface area (TPSA) is 86.6 Å². The Bertz CT molecular complexity index is 1480. The van der Waals surface area contributed by atoms with Crippen LogP contribution in [0.25, 0.3) is 0 Å². The Morgan fingerprint density at radius 2 is 1.55 bits per heavy atom. The summed E-state index contributed by atoms with van der Waals surface area (Å²) in [6.45, 7) is 1.34. The van der Waals surface area contributed by atoms with Crippen LogP contribution in [-0.4, -0.2) is 51.5 Å². The predicted molar refractivity (Wildman–Crippen MR) is 165 cm³/mol. The van der Waals surface area contributed by atoms with Crippen molar-refractivity contribution in [1.29, 1.82) is 0 Å². The number of nitrogens with zero attached hydrogens (tertiary/aromatic N) is 4. The van der Waals surface area contributed by atoms with Gasteiger partial charge in [0.05, 0.1) is 23.7 Å². The van der Waals surface area contributed by atoms with Gasteiger partial charge in [0.25, 0.3) is 5.91 Å². The van der Waals surface area contributed by atoms with Crippen LogP contribution in [0.5, 0.6) is 0 Å². The van der Waals surface area contributed by atoms with Gasteiger partial charge in [-0.25, -0.2) is 9.97 Å². The largest absolute Gasteiger partial charge is 0.481 e. The summed E-state index contributed by atoms with van der Waals surface area (Å²) in [5.74, 6) is -0.573. The van der Waals surface area contributed by atoms with Crippen LogP contribution >= 0.6 is 11.6 Å². The van der Waals surface area contributed by atoms with Crippen molar-refractivity contribution in [2.45, 2.75) is 44.6 Å². The van der Waals surface area contributed by atoms with E-state index in [-0.39, 0.29) is 24.9 Å². The summed E-state index contributed by atoms with van der Waals surface area (Å²) in [5.41, 5.74) is 4.50. The molecule has 1 amide bonds. The Balaban J connectivity index is 1.44. The molecular weight excluding hydrogens is 548 g/mol. The van der Waals surface area contributed by atoms with Gasteiger partial charge < -0.3 is 14.9 Å². The molecule has 0 unspecified atom stereocenters. The van der Waals surface area contributed by atoms with Gasteiger partial charge in [-0.2, -0.15) is 0 Å². The Kier molecular flexibility index (Phi) is 9.82. The zero-order chi connectivity index (χ0) is 29.3. The van der Waals surface area contributed by atoms with E-state index in [0.29, 0.717) is 41.6 Å². The Morgan fingerprint density at radius 1 is 0.881 bits per heavy atom. The van der Waals surface area contributed by atoms with Crippen molar-refractivity contribution >= 4 is 29.4 Å². The molecule has 216 valence electrons. The number of aromatic nitrogens is 2. The van der Waals surface area contributed by atoms with Gasteiger partial charge in [0.1, 0.15) is 0 Å². The fraction of sp³-hybridized carbons (Fsp3) is 0.294. The minimum Gasteiger partial charge on any atom is -0.481 e. The molecule has 4 aromatic rings. The van der Waals surface area contributed by atoms with E-state index < -0.39 is 5.97 Å². The van der Waals surface area contributed by atoms with Crippen LogP contribution in [0.15, 0.2) is 91.1 Å². The highest BCUT2D eigenvalue weighted by Crippen LogP contribution is 2.35. The summed E-state index contributed by atoms with van der Waals surface area (Å²) >= 11 is 6.14. The number of benzene rings is 3. The fourth-order valence-electron chi connectivity index (χ4n) is 5.48. The number of hydrogen-bond donors (Lipinski definition) is 1. The molecule has 1 aliphatic heterocycles. The van der Waals surface area contributed by atoms with Crippen molar-refractivity contribution in [2.75, 3.05) is 24.5 Å². The number of aryl methyl sites for hydroxylation is 2. The highest BCUT2D eigenvalue weighted by atomic mass is 35.5. The van der Waals surface area contributed by atoms with Crippen LogP contribution in [-0.2, 0) is 24.1 Å². The van der Waals surface area contributed by atoms with Crippen LogP contribution in [0.1, 0.15) is 58.0 Å². The Labute approximate surface area is 251 Å². The first kappa shape index (κ1) is 29.3. The standard InChI is InChI=1S/C34H35ClN4O3/c35-28-16-14-27(15-17-28)31-12-7-21-39(31)34-36-24-29(30(37-34)18-13-25-8-3-1-4-9-25)33(42)38(23-20-32(40)41)22-19-26-10-5-2-6-11-26/h1-6,8-11,14-17,24,31H,7,12-13,18-23H2,(H,40,41)/t31-/m1/s1. The lowest BCUT2D eigenvalue weighted by molar-refractivity contribution is -0.137. The SMILES string of the molecule is O=C(O)CCN(CCc1ccccc1)C(=O)c1cnc(N2CCC[C@@H]2c2ccc(Cl)cc2)nc1CCc1ccccc1. The van der Waals surface area contributed by atoms with E-state index in [0.717, 1.165) is 42.5 Å². The molecule has 1 fully saturated rings. The lowest BCUT2D eigenvalue weighted by Crippen LogP contribution is -2.36. The lowest BCUT2D eigenvalue weighted by atomic mass is 10.0. The van der Waals surface area contributed by atoms with Gasteiger partial charge in [-0.05, 0) is 60.9 Å². The van der Waals surface area contributed by atoms with Gasteiger partial charge in [-0.15, -0.1) is 0 Å². The Morgan fingerprint density at radius 3 is 2.21 bits per heavy atom. The lowest BCUT2D eigenvalue weighted by Gasteiger charge is -2.27. The quantitative estimate of drug-likeness (QED) is 0.207. The molecule has 5 rings (SSSR count). The van der Waals surface area contributed by atoms with E-state index in [4.69, 9.17) is 21.6 Å². The molecule has 7 nitrogen and oxygen atoms in total. The van der Waals surface area contributed by atoms with Crippen LogP contribution in [0, 0.1) is 0 Å². The molecule has 42 heavy (non-hydrogen) atoms. The van der Waals surface area contributed by atoms with Crippen molar-refractivity contribution in [3.63, 3.8) is 0 Å². The maximum atomic E-state index is 14.0. The monoisotopic (exact) mass is 582 g/mol. The number of aliphatic carboxylic acids is 1. The zero-order valence-electron chi connectivity index (χ0n) is 23.5. The van der Waals surface area contributed by atoms with Crippen molar-refractivity contribution in [3.05, 3.63) is 124 Å². The second-order valence-corrected chi connectivity index (χ2v) is 11.0. The summed E-state index contributed by atoms with van der Waals surface area (Å²) in [5, 5.41) is 10.1. The second kappa shape index (κ2) is 14.1. The number of hydrogen-bond acceptors (Lipinski definition) is 5. The first-order valence-corrected chi connectivity index (χ1v) is 14.8. The minimum atomic E-state index is -0.939. The van der Waals surface area contributed by atoms with Crippen molar-refractivity contribution in [2.24, 2.45) is 0 Å². The molecule has 2 heterocycles. The van der Waals surface area contributed by atoms with Gasteiger partial charge in [-0.1, -0.05) is 84.4 Å². The average molecular weight is 583 g/mol. The molecule has 8 heteroatoms. The van der Waals surface area contributed by atoms with E-state index in [2.05, 4.69) is 17.0 Å². The summed E-state index contributed by atoms with van der Waals surface area (Å²) in [7, 11) is 0. The third-order valence-corrected chi connectivity index (χ3v) is 7.99. The smallest absolute Gasteiger partial charge is 0.305 e. The molecule has 1 aromatic heterocycles. The van der Waals surface area contributed by atoms with Gasteiger partial charge in [0.15, 0.2) is 0 Å². The molecule has 1 aliphatic rings. The normalized spacial score (nSPS) is 14.6. The van der Waals surface area contributed by atoms with Gasteiger partial charge in [0.2, 0.25) is 5.95 Å². The van der Waals surface area contributed by atoms with Crippen molar-refractivity contribution < 1.29 is 14.7 Å². The molecular formula is C34H35ClN4O3. The number of halogens is 1. The van der Waals surface area contributed by atoms with Crippen molar-refractivity contribution in [3.8, 4) is 0 Å². The molecule has 0 saturated carbocycles. The summed E-state index contributed by atoms with van der Waals surface area (Å²) < 4.78 is 0. The highest BCUT2D eigenvalue weighted by Gasteiger charge is 2.30. The maximum Gasteiger partial charge on any atom is 0.305 e. The van der Waals surface area contributed by atoms with E-state index in [1.807, 2.05) is 72.8 Å². The number of rotatable bonds is 12. The third kappa shape index (κ3) is 7.53. The van der Waals surface area contributed by atoms with E-state index >= 15 is 0 Å². The van der Waals surface area contributed by atoms with Crippen LogP contribution < -0.4 is 4.90 Å². The van der Waals surface area contributed by atoms with Gasteiger partial charge in [0, 0.05) is 30.9 Å². The van der Waals surface area contributed by atoms with Crippen molar-refractivity contribution in [1.82, 2.24) is 14.9 Å². The average Bonchev–Trinajstić information content (AvgIpc) is 3.51. The highest BCUT2D eigenvalue weighted by molar-refractivity contribution is 6.30. The zero-order valence-corrected chi connectivity index (χ0v) is 24.3. The first-order chi connectivity index (χ1) is 20.5. The molecule has 3 aromatic carbocycles. The van der Waals surface area contributed by atoms with Crippen LogP contribution in [0.2, 0.25) is 5.02 Å². The number of carbonyl (C=O) groups excluding carboxylic acids is 1. The molecule has 0 bridgehead atoms. The molecule has 0 aliphatic carbocycles. The minimum absolute atomic E-state index is 0.117. The third-order valence-electron chi connectivity index (χ3n) is 7.74. The van der Waals surface area contributed by atoms with Crippen LogP contribution in [0.3, 0.4) is 0 Å². The first-order valence-electron chi connectivity index (χ1n) is 14.4. The molecule has 1 N–H and O–H groups in total. The van der Waals surface area contributed by atoms with Gasteiger partial charge >= 0.3 is 5.97 Å². The molecule has 1 saturated heterocycles.